The lowest BCUT2D eigenvalue weighted by Gasteiger charge is -2.21. The highest BCUT2D eigenvalue weighted by atomic mass is 32.2. The van der Waals surface area contributed by atoms with E-state index in [0.29, 0.717) is 17.5 Å². The van der Waals surface area contributed by atoms with Gasteiger partial charge in [-0.1, -0.05) is 26.8 Å². The van der Waals surface area contributed by atoms with Gasteiger partial charge >= 0.3 is 0 Å². The molecule has 1 fully saturated rings. The predicted molar refractivity (Wildman–Crippen MR) is 117 cm³/mol. The molecule has 2 N–H and O–H groups in total. The van der Waals surface area contributed by atoms with E-state index in [4.69, 9.17) is 0 Å². The number of carbonyl (C=O) groups is 1. The van der Waals surface area contributed by atoms with Crippen LogP contribution in [-0.2, 0) is 20.2 Å². The fourth-order valence-electron chi connectivity index (χ4n) is 3.86. The van der Waals surface area contributed by atoms with Crippen molar-refractivity contribution in [2.24, 2.45) is 5.92 Å². The van der Waals surface area contributed by atoms with Gasteiger partial charge in [-0.2, -0.15) is 0 Å². The Morgan fingerprint density at radius 1 is 1.06 bits per heavy atom. The maximum Gasteiger partial charge on any atom is 0.229 e. The van der Waals surface area contributed by atoms with Crippen LogP contribution in [0.2, 0.25) is 0 Å². The molecule has 2 aromatic rings. The Morgan fingerprint density at radius 2 is 1.66 bits per heavy atom. The molecule has 1 amide bonds. The largest absolute Gasteiger partial charge is 0.349 e. The summed E-state index contributed by atoms with van der Waals surface area (Å²) in [7, 11) is -3.62. The van der Waals surface area contributed by atoms with E-state index in [1.807, 2.05) is 0 Å². The number of benzene rings is 2. The Bertz CT molecular complexity index is 1140. The first-order valence-electron chi connectivity index (χ1n) is 10.2. The molecule has 3 atom stereocenters. The van der Waals surface area contributed by atoms with E-state index in [9.17, 15) is 26.4 Å². The molecule has 0 radical (unpaired) electrons. The molecular formula is C23H27F3N2O3S. The van der Waals surface area contributed by atoms with E-state index in [0.717, 1.165) is 12.3 Å². The average Bonchev–Trinajstić information content (AvgIpc) is 3.41. The van der Waals surface area contributed by atoms with Crippen molar-refractivity contribution in [2.75, 3.05) is 11.0 Å². The van der Waals surface area contributed by atoms with Crippen LogP contribution in [0.3, 0.4) is 0 Å². The van der Waals surface area contributed by atoms with Gasteiger partial charge in [0.15, 0.2) is 0 Å². The first kappa shape index (κ1) is 24.1. The van der Waals surface area contributed by atoms with Crippen LogP contribution >= 0.6 is 0 Å². The van der Waals surface area contributed by atoms with E-state index in [-0.39, 0.29) is 23.1 Å². The highest BCUT2D eigenvalue weighted by Crippen LogP contribution is 2.48. The van der Waals surface area contributed by atoms with Crippen molar-refractivity contribution in [3.05, 3.63) is 64.5 Å². The van der Waals surface area contributed by atoms with Gasteiger partial charge in [0.1, 0.15) is 17.5 Å². The number of nitrogens with one attached hydrogen (secondary N) is 2. The minimum absolute atomic E-state index is 0.0207. The van der Waals surface area contributed by atoms with Crippen LogP contribution in [-0.4, -0.2) is 20.6 Å². The van der Waals surface area contributed by atoms with E-state index in [1.165, 1.54) is 24.3 Å². The van der Waals surface area contributed by atoms with Crippen LogP contribution in [0, 0.1) is 23.4 Å². The molecule has 32 heavy (non-hydrogen) atoms. The van der Waals surface area contributed by atoms with E-state index >= 15 is 0 Å². The number of halogens is 3. The summed E-state index contributed by atoms with van der Waals surface area (Å²) in [5, 5.41) is 2.79. The standard InChI is InChI=1S/C23H27F3N2O3S/c1-12(13-6-7-20(17(24)8-13)28-32(5,30)31)27-22(29)16-11-15(16)14-9-18(25)21(19(26)10-14)23(2,3)4/h6-10,12,15-16,28H,11H2,1-5H3,(H,27,29)/t12-,15?,16?/m1/s1. The third-order valence-corrected chi connectivity index (χ3v) is 6.11. The molecule has 2 unspecified atom stereocenters. The van der Waals surface area contributed by atoms with Gasteiger partial charge in [0.05, 0.1) is 18.0 Å². The lowest BCUT2D eigenvalue weighted by atomic mass is 9.85. The van der Waals surface area contributed by atoms with Crippen LogP contribution in [0.25, 0.3) is 0 Å². The molecule has 1 aliphatic carbocycles. The number of sulfonamides is 1. The van der Waals surface area contributed by atoms with Gasteiger partial charge in [0.25, 0.3) is 0 Å². The molecule has 0 aromatic heterocycles. The van der Waals surface area contributed by atoms with Crippen LogP contribution in [0.15, 0.2) is 30.3 Å². The van der Waals surface area contributed by atoms with Gasteiger partial charge < -0.3 is 5.32 Å². The van der Waals surface area contributed by atoms with Gasteiger partial charge in [-0.15, -0.1) is 0 Å². The fraction of sp³-hybridized carbons (Fsp3) is 0.435. The molecule has 0 aliphatic heterocycles. The molecule has 5 nitrogen and oxygen atoms in total. The number of carbonyl (C=O) groups excluding carboxylic acids is 1. The molecule has 3 rings (SSSR count). The average molecular weight is 469 g/mol. The maximum absolute atomic E-state index is 14.5. The fourth-order valence-corrected chi connectivity index (χ4v) is 4.43. The predicted octanol–water partition coefficient (Wildman–Crippen LogP) is 4.75. The molecule has 0 spiro atoms. The summed E-state index contributed by atoms with van der Waals surface area (Å²) in [5.41, 5.74) is 0.0679. The second kappa shape index (κ2) is 8.42. The van der Waals surface area contributed by atoms with Crippen molar-refractivity contribution >= 4 is 21.6 Å². The second-order valence-electron chi connectivity index (χ2n) is 9.40. The molecule has 0 heterocycles. The Morgan fingerprint density at radius 3 is 2.16 bits per heavy atom. The third-order valence-electron chi connectivity index (χ3n) is 5.52. The first-order valence-corrected chi connectivity index (χ1v) is 12.1. The summed E-state index contributed by atoms with van der Waals surface area (Å²) in [6, 6.07) is 6.02. The summed E-state index contributed by atoms with van der Waals surface area (Å²) in [6.07, 6.45) is 1.39. The molecule has 174 valence electrons. The monoisotopic (exact) mass is 468 g/mol. The van der Waals surface area contributed by atoms with Crippen LogP contribution < -0.4 is 10.0 Å². The Hall–Kier alpha value is -2.55. The Balaban J connectivity index is 1.67. The summed E-state index contributed by atoms with van der Waals surface area (Å²) in [6.45, 7) is 6.87. The number of hydrogen-bond acceptors (Lipinski definition) is 3. The summed E-state index contributed by atoms with van der Waals surface area (Å²) >= 11 is 0. The highest BCUT2D eigenvalue weighted by Gasteiger charge is 2.45. The van der Waals surface area contributed by atoms with Gasteiger partial charge in [-0.25, -0.2) is 21.6 Å². The number of anilines is 1. The molecule has 1 aliphatic rings. The molecule has 2 aromatic carbocycles. The minimum atomic E-state index is -3.62. The number of hydrogen-bond donors (Lipinski definition) is 2. The zero-order chi connectivity index (χ0) is 24.0. The lowest BCUT2D eigenvalue weighted by Crippen LogP contribution is -2.28. The highest BCUT2D eigenvalue weighted by molar-refractivity contribution is 7.92. The van der Waals surface area contributed by atoms with Gasteiger partial charge in [0.2, 0.25) is 15.9 Å². The Labute approximate surface area is 186 Å². The van der Waals surface area contributed by atoms with Crippen molar-refractivity contribution in [3.63, 3.8) is 0 Å². The number of amides is 1. The lowest BCUT2D eigenvalue weighted by molar-refractivity contribution is -0.123. The van der Waals surface area contributed by atoms with Crippen LogP contribution in [0.5, 0.6) is 0 Å². The summed E-state index contributed by atoms with van der Waals surface area (Å²) in [5.74, 6) is -2.99. The normalized spacial score (nSPS) is 19.4. The Kier molecular flexibility index (Phi) is 6.34. The smallest absolute Gasteiger partial charge is 0.229 e. The second-order valence-corrected chi connectivity index (χ2v) is 11.2. The summed E-state index contributed by atoms with van der Waals surface area (Å²) in [4.78, 5) is 12.6. The van der Waals surface area contributed by atoms with E-state index < -0.39 is 44.8 Å². The zero-order valence-electron chi connectivity index (χ0n) is 18.6. The van der Waals surface area contributed by atoms with Gasteiger partial charge in [0, 0.05) is 11.5 Å². The molecule has 0 saturated heterocycles. The summed E-state index contributed by atoms with van der Waals surface area (Å²) < 4.78 is 67.9. The first-order chi connectivity index (χ1) is 14.7. The van der Waals surface area contributed by atoms with E-state index in [1.54, 1.807) is 27.7 Å². The van der Waals surface area contributed by atoms with Crippen molar-refractivity contribution in [1.82, 2.24) is 5.32 Å². The minimum Gasteiger partial charge on any atom is -0.349 e. The van der Waals surface area contributed by atoms with Crippen molar-refractivity contribution in [1.29, 1.82) is 0 Å². The number of rotatable bonds is 6. The van der Waals surface area contributed by atoms with Gasteiger partial charge in [-0.3, -0.25) is 9.52 Å². The maximum atomic E-state index is 14.5. The van der Waals surface area contributed by atoms with Crippen molar-refractivity contribution < 1.29 is 26.4 Å². The zero-order valence-corrected chi connectivity index (χ0v) is 19.4. The SMILES string of the molecule is C[C@@H](NC(=O)C1CC1c1cc(F)c(C(C)(C)C)c(F)c1)c1ccc(NS(C)(=O)=O)c(F)c1. The van der Waals surface area contributed by atoms with Crippen molar-refractivity contribution in [3.8, 4) is 0 Å². The topological polar surface area (TPSA) is 75.3 Å². The third kappa shape index (κ3) is 5.43. The molecule has 1 saturated carbocycles. The van der Waals surface area contributed by atoms with E-state index in [2.05, 4.69) is 10.0 Å². The quantitative estimate of drug-likeness (QED) is 0.642. The van der Waals surface area contributed by atoms with Crippen LogP contribution in [0.4, 0.5) is 18.9 Å². The molecule has 0 bridgehead atoms. The van der Waals surface area contributed by atoms with Gasteiger partial charge in [-0.05, 0) is 60.1 Å². The van der Waals surface area contributed by atoms with Crippen molar-refractivity contribution in [2.45, 2.75) is 51.5 Å². The molecular weight excluding hydrogens is 441 g/mol. The molecule has 9 heteroatoms. The van der Waals surface area contributed by atoms with Crippen LogP contribution in [0.1, 0.15) is 62.8 Å².